The number of hydrogen-bond acceptors (Lipinski definition) is 3. The van der Waals surface area contributed by atoms with Crippen molar-refractivity contribution in [3.8, 4) is 0 Å². The maximum Gasteiger partial charge on any atom is 0.228 e. The number of hydrogen-bond donors (Lipinski definition) is 2. The van der Waals surface area contributed by atoms with Crippen LogP contribution in [-0.2, 0) is 16.0 Å². The van der Waals surface area contributed by atoms with Crippen LogP contribution in [-0.4, -0.2) is 39.5 Å². The zero-order valence-electron chi connectivity index (χ0n) is 17.8. The number of anilines is 1. The van der Waals surface area contributed by atoms with E-state index in [1.807, 2.05) is 29.2 Å². The average Bonchev–Trinajstić information content (AvgIpc) is 3.18. The number of carbonyl (C=O) groups is 2. The molecule has 0 radical (unpaired) electrons. The third-order valence-electron chi connectivity index (χ3n) is 6.71. The van der Waals surface area contributed by atoms with Gasteiger partial charge in [-0.1, -0.05) is 49.6 Å². The Kier molecular flexibility index (Phi) is 6.50. The summed E-state index contributed by atoms with van der Waals surface area (Å²) in [6.45, 7) is 2.41. The van der Waals surface area contributed by atoms with Crippen LogP contribution in [0.15, 0.2) is 36.4 Å². The normalized spacial score (nSPS) is 21.6. The Morgan fingerprint density at radius 1 is 1.13 bits per heavy atom. The molecule has 0 saturated heterocycles. The first-order chi connectivity index (χ1) is 14.6. The zero-order chi connectivity index (χ0) is 20.9. The summed E-state index contributed by atoms with van der Waals surface area (Å²) in [5.74, 6) is 1.35. The molecule has 0 atom stereocenters. The molecule has 0 bridgehead atoms. The topological polar surface area (TPSA) is 78.1 Å². The number of aromatic nitrogens is 2. The lowest BCUT2D eigenvalue weighted by Crippen LogP contribution is -2.47. The second-order valence-corrected chi connectivity index (χ2v) is 8.80. The molecule has 2 amide bonds. The van der Waals surface area contributed by atoms with Crippen molar-refractivity contribution in [1.82, 2.24) is 15.1 Å². The fourth-order valence-electron chi connectivity index (χ4n) is 4.79. The van der Waals surface area contributed by atoms with Crippen LogP contribution < -0.4 is 5.32 Å². The Bertz CT molecular complexity index is 851. The van der Waals surface area contributed by atoms with Crippen LogP contribution in [0.5, 0.6) is 0 Å². The van der Waals surface area contributed by atoms with Gasteiger partial charge in [0.2, 0.25) is 11.8 Å². The van der Waals surface area contributed by atoms with Gasteiger partial charge in [-0.15, -0.1) is 0 Å². The summed E-state index contributed by atoms with van der Waals surface area (Å²) in [5.41, 5.74) is 2.31. The van der Waals surface area contributed by atoms with Gasteiger partial charge in [0.25, 0.3) is 0 Å². The number of H-pyrrole nitrogens is 1. The van der Waals surface area contributed by atoms with Gasteiger partial charge in [0, 0.05) is 43.1 Å². The van der Waals surface area contributed by atoms with Crippen LogP contribution in [0.1, 0.15) is 69.0 Å². The molecule has 160 valence electrons. The average molecular weight is 409 g/mol. The third-order valence-corrected chi connectivity index (χ3v) is 6.71. The molecule has 2 fully saturated rings. The number of carbonyl (C=O) groups excluding carboxylic acids is 2. The first-order valence-electron chi connectivity index (χ1n) is 11.3. The molecule has 1 heterocycles. The fourth-order valence-corrected chi connectivity index (χ4v) is 4.79. The molecule has 0 spiro atoms. The van der Waals surface area contributed by atoms with Crippen molar-refractivity contribution in [1.29, 1.82) is 0 Å². The third kappa shape index (κ3) is 4.91. The van der Waals surface area contributed by atoms with E-state index >= 15 is 0 Å². The number of nitrogens with zero attached hydrogens (tertiary/aromatic N) is 2. The van der Waals surface area contributed by atoms with Gasteiger partial charge >= 0.3 is 0 Å². The van der Waals surface area contributed by atoms with E-state index < -0.39 is 0 Å². The molecule has 1 aromatic carbocycles. The van der Waals surface area contributed by atoms with Gasteiger partial charge in [-0.05, 0) is 37.7 Å². The van der Waals surface area contributed by atoms with Crippen molar-refractivity contribution in [3.63, 3.8) is 0 Å². The number of nitrogens with one attached hydrogen (secondary N) is 2. The number of aromatic amines is 1. The second-order valence-electron chi connectivity index (χ2n) is 8.80. The van der Waals surface area contributed by atoms with Gasteiger partial charge in [-0.25, -0.2) is 0 Å². The molecule has 30 heavy (non-hydrogen) atoms. The summed E-state index contributed by atoms with van der Waals surface area (Å²) in [4.78, 5) is 26.6. The summed E-state index contributed by atoms with van der Waals surface area (Å²) < 4.78 is 0. The quantitative estimate of drug-likeness (QED) is 0.718. The second kappa shape index (κ2) is 9.45. The highest BCUT2D eigenvalue weighted by Gasteiger charge is 2.36. The number of benzene rings is 1. The van der Waals surface area contributed by atoms with Crippen molar-refractivity contribution in [2.75, 3.05) is 11.9 Å². The van der Waals surface area contributed by atoms with Gasteiger partial charge < -0.3 is 10.2 Å². The molecule has 2 aliphatic rings. The smallest absolute Gasteiger partial charge is 0.228 e. The van der Waals surface area contributed by atoms with Crippen LogP contribution >= 0.6 is 0 Å². The predicted octanol–water partition coefficient (Wildman–Crippen LogP) is 4.27. The standard InChI is InChI=1S/C24H32N4O2/c1-17(29)28(13-12-18-8-4-2-5-9-18)21-14-20(15-21)22-16-23(27-26-22)25-24(30)19-10-6-3-7-11-19/h2,4-5,8-9,16,19-21H,3,6-7,10-15H2,1H3,(H2,25,26,27,30). The lowest BCUT2D eigenvalue weighted by atomic mass is 9.77. The molecule has 2 aromatic rings. The minimum atomic E-state index is 0.0999. The maximum absolute atomic E-state index is 12.4. The first-order valence-corrected chi connectivity index (χ1v) is 11.3. The zero-order valence-corrected chi connectivity index (χ0v) is 17.8. The van der Waals surface area contributed by atoms with Crippen molar-refractivity contribution in [2.24, 2.45) is 5.92 Å². The molecule has 1 aromatic heterocycles. The highest BCUT2D eigenvalue weighted by molar-refractivity contribution is 5.91. The summed E-state index contributed by atoms with van der Waals surface area (Å²) in [6.07, 6.45) is 8.24. The molecule has 6 nitrogen and oxygen atoms in total. The molecular formula is C24H32N4O2. The first kappa shape index (κ1) is 20.6. The Labute approximate surface area is 178 Å². The summed E-state index contributed by atoms with van der Waals surface area (Å²) in [7, 11) is 0. The summed E-state index contributed by atoms with van der Waals surface area (Å²) in [5, 5.41) is 10.4. The van der Waals surface area contributed by atoms with Gasteiger partial charge in [-0.3, -0.25) is 14.7 Å². The van der Waals surface area contributed by atoms with E-state index in [2.05, 4.69) is 27.6 Å². The van der Waals surface area contributed by atoms with Crippen molar-refractivity contribution < 1.29 is 9.59 Å². The van der Waals surface area contributed by atoms with Crippen LogP contribution in [0, 0.1) is 5.92 Å². The van der Waals surface area contributed by atoms with E-state index in [9.17, 15) is 9.59 Å². The van der Waals surface area contributed by atoms with E-state index in [0.29, 0.717) is 11.7 Å². The number of rotatable bonds is 7. The van der Waals surface area contributed by atoms with Gasteiger partial charge in [0.05, 0.1) is 0 Å². The van der Waals surface area contributed by atoms with Crippen molar-refractivity contribution >= 4 is 17.6 Å². The highest BCUT2D eigenvalue weighted by atomic mass is 16.2. The van der Waals surface area contributed by atoms with Crippen LogP contribution in [0.25, 0.3) is 0 Å². The molecule has 4 rings (SSSR count). The molecule has 2 N–H and O–H groups in total. The Morgan fingerprint density at radius 3 is 2.57 bits per heavy atom. The minimum absolute atomic E-state index is 0.0999. The van der Waals surface area contributed by atoms with E-state index in [1.54, 1.807) is 6.92 Å². The van der Waals surface area contributed by atoms with E-state index in [0.717, 1.165) is 57.2 Å². The fraction of sp³-hybridized carbons (Fsp3) is 0.542. The van der Waals surface area contributed by atoms with Crippen molar-refractivity contribution in [2.45, 2.75) is 70.3 Å². The van der Waals surface area contributed by atoms with Crippen LogP contribution in [0.4, 0.5) is 5.82 Å². The molecular weight excluding hydrogens is 376 g/mol. The number of amides is 2. The van der Waals surface area contributed by atoms with Crippen LogP contribution in [0.2, 0.25) is 0 Å². The molecule has 0 unspecified atom stereocenters. The van der Waals surface area contributed by atoms with E-state index in [4.69, 9.17) is 0 Å². The molecule has 2 saturated carbocycles. The van der Waals surface area contributed by atoms with Crippen molar-refractivity contribution in [3.05, 3.63) is 47.7 Å². The lowest BCUT2D eigenvalue weighted by molar-refractivity contribution is -0.133. The van der Waals surface area contributed by atoms with E-state index in [1.165, 1.54) is 12.0 Å². The van der Waals surface area contributed by atoms with E-state index in [-0.39, 0.29) is 23.8 Å². The Balaban J connectivity index is 1.27. The monoisotopic (exact) mass is 408 g/mol. The van der Waals surface area contributed by atoms with Crippen LogP contribution in [0.3, 0.4) is 0 Å². The SMILES string of the molecule is CC(=O)N(CCc1ccccc1)C1CC(c2cc(NC(=O)C3CCCCC3)n[nH]2)C1. The lowest BCUT2D eigenvalue weighted by Gasteiger charge is -2.42. The molecule has 6 heteroatoms. The largest absolute Gasteiger partial charge is 0.340 e. The maximum atomic E-state index is 12.4. The molecule has 2 aliphatic carbocycles. The highest BCUT2D eigenvalue weighted by Crippen LogP contribution is 2.39. The predicted molar refractivity (Wildman–Crippen MR) is 117 cm³/mol. The Morgan fingerprint density at radius 2 is 1.87 bits per heavy atom. The van der Waals surface area contributed by atoms with Gasteiger partial charge in [0.1, 0.15) is 0 Å². The summed E-state index contributed by atoms with van der Waals surface area (Å²) >= 11 is 0. The minimum Gasteiger partial charge on any atom is -0.340 e. The van der Waals surface area contributed by atoms with Gasteiger partial charge in [-0.2, -0.15) is 5.10 Å². The molecule has 0 aliphatic heterocycles. The Hall–Kier alpha value is -2.63. The summed E-state index contributed by atoms with van der Waals surface area (Å²) in [6, 6.07) is 12.5. The van der Waals surface area contributed by atoms with Gasteiger partial charge in [0.15, 0.2) is 5.82 Å².